The van der Waals surface area contributed by atoms with Gasteiger partial charge in [0.05, 0.1) is 0 Å². The van der Waals surface area contributed by atoms with Crippen LogP contribution in [0.25, 0.3) is 0 Å². The smallest absolute Gasteiger partial charge is 0.222 e. The molecule has 0 spiro atoms. The number of nitrogens with zero attached hydrogens (tertiary/aromatic N) is 2. The van der Waals surface area contributed by atoms with Gasteiger partial charge in [-0.25, -0.2) is 0 Å². The maximum absolute atomic E-state index is 12.4. The molecule has 2 atom stereocenters. The van der Waals surface area contributed by atoms with Crippen LogP contribution in [0.1, 0.15) is 18.4 Å². The van der Waals surface area contributed by atoms with E-state index in [4.69, 9.17) is 0 Å². The van der Waals surface area contributed by atoms with E-state index in [1.807, 2.05) is 44.4 Å². The van der Waals surface area contributed by atoms with Crippen molar-refractivity contribution in [2.24, 2.45) is 0 Å². The Labute approximate surface area is 150 Å². The zero-order valence-corrected chi connectivity index (χ0v) is 15.3. The fourth-order valence-corrected chi connectivity index (χ4v) is 3.06. The monoisotopic (exact) mass is 349 g/mol. The second-order valence-corrected chi connectivity index (χ2v) is 7.17. The summed E-state index contributed by atoms with van der Waals surface area (Å²) in [4.78, 5) is 16.1. The topological polar surface area (TPSA) is 76.0 Å². The summed E-state index contributed by atoms with van der Waals surface area (Å²) in [6.07, 6.45) is 0.591. The van der Waals surface area contributed by atoms with E-state index in [9.17, 15) is 15.0 Å². The molecule has 1 aromatic rings. The van der Waals surface area contributed by atoms with Crippen LogP contribution in [0.5, 0.6) is 0 Å². The molecule has 2 rings (SSSR count). The van der Waals surface area contributed by atoms with Crippen LogP contribution in [-0.2, 0) is 11.2 Å². The third-order valence-corrected chi connectivity index (χ3v) is 4.82. The third kappa shape index (κ3) is 6.08. The molecular weight excluding hydrogens is 318 g/mol. The number of aryl methyl sites for hydroxylation is 1. The molecule has 3 N–H and O–H groups in total. The summed E-state index contributed by atoms with van der Waals surface area (Å²) in [5, 5.41) is 24.2. The first-order chi connectivity index (χ1) is 11.9. The van der Waals surface area contributed by atoms with Gasteiger partial charge < -0.3 is 25.3 Å². The average molecular weight is 349 g/mol. The number of carbonyl (C=O) groups is 1. The molecule has 1 saturated heterocycles. The van der Waals surface area contributed by atoms with Gasteiger partial charge in [-0.05, 0) is 32.5 Å². The summed E-state index contributed by atoms with van der Waals surface area (Å²) >= 11 is 0. The van der Waals surface area contributed by atoms with Gasteiger partial charge in [-0.15, -0.1) is 0 Å². The van der Waals surface area contributed by atoms with Crippen LogP contribution in [0.2, 0.25) is 0 Å². The lowest BCUT2D eigenvalue weighted by Gasteiger charge is -2.42. The van der Waals surface area contributed by atoms with E-state index in [1.54, 1.807) is 4.90 Å². The molecule has 0 aromatic heterocycles. The van der Waals surface area contributed by atoms with Crippen molar-refractivity contribution in [1.29, 1.82) is 0 Å². The van der Waals surface area contributed by atoms with E-state index in [0.717, 1.165) is 18.7 Å². The summed E-state index contributed by atoms with van der Waals surface area (Å²) in [6.45, 7) is 2.64. The molecule has 1 amide bonds. The Morgan fingerprint density at radius 1 is 1.36 bits per heavy atom. The van der Waals surface area contributed by atoms with Gasteiger partial charge in [0.25, 0.3) is 0 Å². The number of benzene rings is 1. The number of hydrogen-bond acceptors (Lipinski definition) is 5. The number of hydrogen-bond donors (Lipinski definition) is 3. The van der Waals surface area contributed by atoms with Gasteiger partial charge in [-0.2, -0.15) is 0 Å². The Morgan fingerprint density at radius 2 is 2.08 bits per heavy atom. The number of aliphatic hydroxyl groups excluding tert-OH is 1. The molecule has 6 nitrogen and oxygen atoms in total. The van der Waals surface area contributed by atoms with Gasteiger partial charge in [0, 0.05) is 39.1 Å². The first-order valence-corrected chi connectivity index (χ1v) is 8.98. The van der Waals surface area contributed by atoms with E-state index in [2.05, 4.69) is 10.2 Å². The van der Waals surface area contributed by atoms with Gasteiger partial charge in [-0.1, -0.05) is 30.3 Å². The van der Waals surface area contributed by atoms with Gasteiger partial charge in [0.1, 0.15) is 11.7 Å². The molecule has 1 fully saturated rings. The maximum Gasteiger partial charge on any atom is 0.222 e. The third-order valence-electron chi connectivity index (χ3n) is 4.82. The number of likely N-dealkylation sites (tertiary alicyclic amines) is 1. The Bertz CT molecular complexity index is 538. The standard InChI is InChI=1S/C19H31N3O3/c1-21(2)13-11-20-15-19(25)10-12-22(14-17(19)23)18(24)9-8-16-6-4-3-5-7-16/h3-7,17,20,23,25H,8-15H2,1-2H3/t17-,19-/m0/s1. The van der Waals surface area contributed by atoms with Crippen molar-refractivity contribution in [3.8, 4) is 0 Å². The second-order valence-electron chi connectivity index (χ2n) is 7.17. The van der Waals surface area contributed by atoms with Crippen molar-refractivity contribution in [1.82, 2.24) is 15.1 Å². The van der Waals surface area contributed by atoms with E-state index < -0.39 is 11.7 Å². The molecule has 0 aliphatic carbocycles. The fraction of sp³-hybridized carbons (Fsp3) is 0.632. The number of aliphatic hydroxyl groups is 2. The quantitative estimate of drug-likeness (QED) is 0.580. The minimum absolute atomic E-state index is 0.0329. The normalized spacial score (nSPS) is 23.9. The van der Waals surface area contributed by atoms with Crippen molar-refractivity contribution in [3.05, 3.63) is 35.9 Å². The highest BCUT2D eigenvalue weighted by Crippen LogP contribution is 2.23. The van der Waals surface area contributed by atoms with Crippen molar-refractivity contribution < 1.29 is 15.0 Å². The average Bonchev–Trinajstić information content (AvgIpc) is 2.60. The van der Waals surface area contributed by atoms with Crippen LogP contribution in [0.15, 0.2) is 30.3 Å². The molecule has 0 unspecified atom stereocenters. The Morgan fingerprint density at radius 3 is 2.72 bits per heavy atom. The SMILES string of the molecule is CN(C)CCNC[C@@]1(O)CCN(C(=O)CCc2ccccc2)C[C@@H]1O. The van der Waals surface area contributed by atoms with Crippen LogP contribution in [0.4, 0.5) is 0 Å². The van der Waals surface area contributed by atoms with Gasteiger partial charge in [-0.3, -0.25) is 4.79 Å². The minimum atomic E-state index is -1.16. The Balaban J connectivity index is 1.76. The maximum atomic E-state index is 12.4. The summed E-state index contributed by atoms with van der Waals surface area (Å²) in [6, 6.07) is 9.91. The molecule has 25 heavy (non-hydrogen) atoms. The van der Waals surface area contributed by atoms with Crippen molar-refractivity contribution in [3.63, 3.8) is 0 Å². The van der Waals surface area contributed by atoms with Crippen molar-refractivity contribution >= 4 is 5.91 Å². The predicted octanol–water partition coefficient (Wildman–Crippen LogP) is 0.0947. The van der Waals surface area contributed by atoms with Gasteiger partial charge in [0.2, 0.25) is 5.91 Å². The van der Waals surface area contributed by atoms with E-state index in [0.29, 0.717) is 32.4 Å². The van der Waals surface area contributed by atoms with Crippen LogP contribution in [0.3, 0.4) is 0 Å². The molecule has 0 radical (unpaired) electrons. The van der Waals surface area contributed by atoms with Crippen molar-refractivity contribution in [2.75, 3.05) is 46.8 Å². The number of rotatable bonds is 8. The van der Waals surface area contributed by atoms with E-state index in [-0.39, 0.29) is 12.5 Å². The minimum Gasteiger partial charge on any atom is -0.388 e. The largest absolute Gasteiger partial charge is 0.388 e. The van der Waals surface area contributed by atoms with Crippen LogP contribution < -0.4 is 5.32 Å². The van der Waals surface area contributed by atoms with E-state index in [1.165, 1.54) is 0 Å². The summed E-state index contributed by atoms with van der Waals surface area (Å²) in [5.74, 6) is 0.0329. The molecular formula is C19H31N3O3. The summed E-state index contributed by atoms with van der Waals surface area (Å²) < 4.78 is 0. The highest BCUT2D eigenvalue weighted by atomic mass is 16.3. The number of likely N-dealkylation sites (N-methyl/N-ethyl adjacent to an activating group) is 1. The molecule has 6 heteroatoms. The second kappa shape index (κ2) is 9.29. The number of carbonyl (C=O) groups excluding carboxylic acids is 1. The predicted molar refractivity (Wildman–Crippen MR) is 98.3 cm³/mol. The summed E-state index contributed by atoms with van der Waals surface area (Å²) in [7, 11) is 3.98. The molecule has 1 aliphatic rings. The lowest BCUT2D eigenvalue weighted by atomic mass is 9.88. The van der Waals surface area contributed by atoms with Crippen molar-refractivity contribution in [2.45, 2.75) is 31.0 Å². The molecule has 0 bridgehead atoms. The number of piperidine rings is 1. The van der Waals surface area contributed by atoms with Gasteiger partial charge in [0.15, 0.2) is 0 Å². The molecule has 0 saturated carbocycles. The molecule has 140 valence electrons. The van der Waals surface area contributed by atoms with Crippen LogP contribution >= 0.6 is 0 Å². The van der Waals surface area contributed by atoms with E-state index >= 15 is 0 Å². The van der Waals surface area contributed by atoms with Crippen LogP contribution in [-0.4, -0.2) is 84.4 Å². The highest BCUT2D eigenvalue weighted by Gasteiger charge is 2.41. The van der Waals surface area contributed by atoms with Crippen LogP contribution in [0, 0.1) is 0 Å². The Hall–Kier alpha value is -1.47. The molecule has 1 aromatic carbocycles. The highest BCUT2D eigenvalue weighted by molar-refractivity contribution is 5.76. The Kier molecular flexibility index (Phi) is 7.38. The molecule has 1 aliphatic heterocycles. The number of β-amino-alcohol motifs (C(OH)–C–C–N with tert-alkyl or cyclic N) is 1. The zero-order chi connectivity index (χ0) is 18.3. The van der Waals surface area contributed by atoms with Gasteiger partial charge >= 0.3 is 0 Å². The first kappa shape index (κ1) is 19.8. The fourth-order valence-electron chi connectivity index (χ4n) is 3.06. The number of nitrogens with one attached hydrogen (secondary N) is 1. The number of amides is 1. The lowest BCUT2D eigenvalue weighted by Crippen LogP contribution is -2.60. The summed E-state index contributed by atoms with van der Waals surface area (Å²) in [5.41, 5.74) is -0.0299. The lowest BCUT2D eigenvalue weighted by molar-refractivity contribution is -0.148. The molecule has 1 heterocycles. The zero-order valence-electron chi connectivity index (χ0n) is 15.3. The first-order valence-electron chi connectivity index (χ1n) is 8.98.